The van der Waals surface area contributed by atoms with E-state index in [4.69, 9.17) is 0 Å². The zero-order chi connectivity index (χ0) is 7.98. The van der Waals surface area contributed by atoms with Crippen molar-refractivity contribution in [3.8, 4) is 0 Å². The number of rotatable bonds is 4. The van der Waals surface area contributed by atoms with Crippen LogP contribution < -0.4 is 0 Å². The van der Waals surface area contributed by atoms with E-state index in [1.165, 1.54) is 6.92 Å². The number of carbonyl (C=O) groups excluding carboxylic acids is 1. The first-order valence-corrected chi connectivity index (χ1v) is 3.53. The molecule has 10 heavy (non-hydrogen) atoms. The van der Waals surface area contributed by atoms with Gasteiger partial charge in [-0.15, -0.1) is 0 Å². The summed E-state index contributed by atoms with van der Waals surface area (Å²) in [7, 11) is 0. The predicted octanol–water partition coefficient (Wildman–Crippen LogP) is 2.49. The standard InChI is InChI=1S/C9H14O/c1-4-5-8(2)6-7-9(3)10/h6-7H,2,4-5H2,1,3H3/b7-6+. The van der Waals surface area contributed by atoms with Crippen LogP contribution in [0.5, 0.6) is 0 Å². The molecule has 0 amide bonds. The molecule has 0 fully saturated rings. The lowest BCUT2D eigenvalue weighted by Gasteiger charge is -1.92. The SMILES string of the molecule is C=C(/C=C/C(C)=O)CCC. The second kappa shape index (κ2) is 4.98. The third-order valence-corrected chi connectivity index (χ3v) is 1.12. The van der Waals surface area contributed by atoms with Gasteiger partial charge >= 0.3 is 0 Å². The summed E-state index contributed by atoms with van der Waals surface area (Å²) in [5, 5.41) is 0. The molecule has 1 nitrogen and oxygen atoms in total. The average molecular weight is 138 g/mol. The number of hydrogen-bond donors (Lipinski definition) is 0. The average Bonchev–Trinajstić information content (AvgIpc) is 1.85. The van der Waals surface area contributed by atoms with Gasteiger partial charge in [-0.1, -0.05) is 31.6 Å². The van der Waals surface area contributed by atoms with E-state index in [1.54, 1.807) is 12.2 Å². The van der Waals surface area contributed by atoms with E-state index < -0.39 is 0 Å². The molecule has 0 aliphatic carbocycles. The molecule has 0 unspecified atom stereocenters. The van der Waals surface area contributed by atoms with Gasteiger partial charge in [-0.05, 0) is 19.4 Å². The Bertz CT molecular complexity index is 154. The van der Waals surface area contributed by atoms with Crippen LogP contribution in [0.2, 0.25) is 0 Å². The predicted molar refractivity (Wildman–Crippen MR) is 43.9 cm³/mol. The Labute approximate surface area is 62.4 Å². The normalized spacial score (nSPS) is 10.2. The molecule has 0 aliphatic heterocycles. The van der Waals surface area contributed by atoms with Gasteiger partial charge < -0.3 is 0 Å². The highest BCUT2D eigenvalue weighted by molar-refractivity contribution is 5.87. The van der Waals surface area contributed by atoms with Gasteiger partial charge in [0, 0.05) is 0 Å². The molecular weight excluding hydrogens is 124 g/mol. The summed E-state index contributed by atoms with van der Waals surface area (Å²) in [6, 6.07) is 0. The molecule has 0 rings (SSSR count). The van der Waals surface area contributed by atoms with Crippen LogP contribution >= 0.6 is 0 Å². The minimum atomic E-state index is 0.0808. The fourth-order valence-electron chi connectivity index (χ4n) is 0.640. The highest BCUT2D eigenvalue weighted by Crippen LogP contribution is 2.02. The molecule has 1 heteroatoms. The van der Waals surface area contributed by atoms with E-state index in [1.807, 2.05) is 0 Å². The Hall–Kier alpha value is -0.850. The van der Waals surface area contributed by atoms with E-state index in [2.05, 4.69) is 13.5 Å². The first kappa shape index (κ1) is 9.15. The van der Waals surface area contributed by atoms with Gasteiger partial charge in [-0.25, -0.2) is 0 Å². The maximum atomic E-state index is 10.4. The second-order valence-corrected chi connectivity index (χ2v) is 2.35. The Morgan fingerprint density at radius 2 is 2.10 bits per heavy atom. The lowest BCUT2D eigenvalue weighted by atomic mass is 10.1. The highest BCUT2D eigenvalue weighted by Gasteiger charge is 1.86. The molecule has 0 aliphatic rings. The molecule has 0 saturated heterocycles. The Morgan fingerprint density at radius 3 is 2.50 bits per heavy atom. The van der Waals surface area contributed by atoms with Gasteiger partial charge in [0.25, 0.3) is 0 Å². The molecule has 0 aromatic rings. The van der Waals surface area contributed by atoms with E-state index in [0.717, 1.165) is 18.4 Å². The Kier molecular flexibility index (Phi) is 4.55. The van der Waals surface area contributed by atoms with Crippen LogP contribution in [-0.2, 0) is 4.79 Å². The third-order valence-electron chi connectivity index (χ3n) is 1.12. The molecule has 0 atom stereocenters. The molecule has 0 bridgehead atoms. The van der Waals surface area contributed by atoms with E-state index in [-0.39, 0.29) is 5.78 Å². The van der Waals surface area contributed by atoms with Gasteiger partial charge in [0.05, 0.1) is 0 Å². The van der Waals surface area contributed by atoms with Crippen molar-refractivity contribution in [3.05, 3.63) is 24.3 Å². The molecule has 0 radical (unpaired) electrons. The van der Waals surface area contributed by atoms with Crippen LogP contribution in [0.1, 0.15) is 26.7 Å². The lowest BCUT2D eigenvalue weighted by Crippen LogP contribution is -1.81. The largest absolute Gasteiger partial charge is 0.295 e. The molecule has 0 heterocycles. The number of hydrogen-bond acceptors (Lipinski definition) is 1. The topological polar surface area (TPSA) is 17.1 Å². The van der Waals surface area contributed by atoms with Crippen molar-refractivity contribution in [1.82, 2.24) is 0 Å². The number of ketones is 1. The van der Waals surface area contributed by atoms with Gasteiger partial charge in [0.1, 0.15) is 0 Å². The summed E-state index contributed by atoms with van der Waals surface area (Å²) in [4.78, 5) is 10.4. The zero-order valence-corrected chi connectivity index (χ0v) is 6.68. The number of allylic oxidation sites excluding steroid dienone is 3. The summed E-state index contributed by atoms with van der Waals surface area (Å²) in [5.74, 6) is 0.0808. The van der Waals surface area contributed by atoms with Crippen molar-refractivity contribution in [3.63, 3.8) is 0 Å². The van der Waals surface area contributed by atoms with Gasteiger partial charge in [-0.2, -0.15) is 0 Å². The smallest absolute Gasteiger partial charge is 0.152 e. The molecule has 0 saturated carbocycles. The van der Waals surface area contributed by atoms with Crippen LogP contribution in [-0.4, -0.2) is 5.78 Å². The Balaban J connectivity index is 3.67. The summed E-state index contributed by atoms with van der Waals surface area (Å²) in [6.07, 6.45) is 5.40. The lowest BCUT2D eigenvalue weighted by molar-refractivity contribution is -0.112. The molecule has 0 aromatic carbocycles. The van der Waals surface area contributed by atoms with Crippen molar-refractivity contribution >= 4 is 5.78 Å². The first-order valence-electron chi connectivity index (χ1n) is 3.53. The quantitative estimate of drug-likeness (QED) is 0.431. The fourth-order valence-corrected chi connectivity index (χ4v) is 0.640. The van der Waals surface area contributed by atoms with Crippen molar-refractivity contribution in [2.45, 2.75) is 26.7 Å². The van der Waals surface area contributed by atoms with Crippen molar-refractivity contribution in [2.24, 2.45) is 0 Å². The van der Waals surface area contributed by atoms with Crippen LogP contribution in [0.25, 0.3) is 0 Å². The van der Waals surface area contributed by atoms with Crippen molar-refractivity contribution < 1.29 is 4.79 Å². The molecule has 0 aromatic heterocycles. The fraction of sp³-hybridized carbons (Fsp3) is 0.444. The van der Waals surface area contributed by atoms with Crippen LogP contribution in [0.4, 0.5) is 0 Å². The summed E-state index contributed by atoms with van der Waals surface area (Å²) in [6.45, 7) is 7.40. The summed E-state index contributed by atoms with van der Waals surface area (Å²) >= 11 is 0. The maximum Gasteiger partial charge on any atom is 0.152 e. The third kappa shape index (κ3) is 5.29. The molecule has 0 spiro atoms. The first-order chi connectivity index (χ1) is 4.66. The maximum absolute atomic E-state index is 10.4. The van der Waals surface area contributed by atoms with Crippen molar-refractivity contribution in [1.29, 1.82) is 0 Å². The minimum absolute atomic E-state index is 0.0808. The molecular formula is C9H14O. The van der Waals surface area contributed by atoms with Crippen LogP contribution in [0, 0.1) is 0 Å². The van der Waals surface area contributed by atoms with Crippen LogP contribution in [0.15, 0.2) is 24.3 Å². The molecule has 0 N–H and O–H groups in total. The van der Waals surface area contributed by atoms with E-state index >= 15 is 0 Å². The van der Waals surface area contributed by atoms with Gasteiger partial charge in [-0.3, -0.25) is 4.79 Å². The monoisotopic (exact) mass is 138 g/mol. The zero-order valence-electron chi connectivity index (χ0n) is 6.68. The van der Waals surface area contributed by atoms with E-state index in [9.17, 15) is 4.79 Å². The minimum Gasteiger partial charge on any atom is -0.295 e. The summed E-state index contributed by atoms with van der Waals surface area (Å²) < 4.78 is 0. The highest BCUT2D eigenvalue weighted by atomic mass is 16.1. The second-order valence-electron chi connectivity index (χ2n) is 2.35. The number of carbonyl (C=O) groups is 1. The van der Waals surface area contributed by atoms with Crippen LogP contribution in [0.3, 0.4) is 0 Å². The van der Waals surface area contributed by atoms with Crippen molar-refractivity contribution in [2.75, 3.05) is 0 Å². The van der Waals surface area contributed by atoms with Gasteiger partial charge in [0.15, 0.2) is 5.78 Å². The molecule has 56 valence electrons. The Morgan fingerprint density at radius 1 is 1.50 bits per heavy atom. The van der Waals surface area contributed by atoms with E-state index in [0.29, 0.717) is 0 Å². The van der Waals surface area contributed by atoms with Gasteiger partial charge in [0.2, 0.25) is 0 Å². The summed E-state index contributed by atoms with van der Waals surface area (Å²) in [5.41, 5.74) is 1.03.